The van der Waals surface area contributed by atoms with Crippen molar-refractivity contribution in [3.05, 3.63) is 47.5 Å². The van der Waals surface area contributed by atoms with Crippen molar-refractivity contribution >= 4 is 20.9 Å². The van der Waals surface area contributed by atoms with E-state index < -0.39 is 9.84 Å². The van der Waals surface area contributed by atoms with Crippen molar-refractivity contribution in [2.24, 2.45) is 0 Å². The number of nitrogens with zero attached hydrogens (tertiary/aromatic N) is 1. The van der Waals surface area contributed by atoms with Crippen LogP contribution >= 0.6 is 0 Å². The fraction of sp³-hybridized carbons (Fsp3) is 0.188. The molecule has 4 nitrogen and oxygen atoms in total. The Bertz CT molecular complexity index is 920. The van der Waals surface area contributed by atoms with Gasteiger partial charge in [-0.25, -0.2) is 13.4 Å². The molecule has 108 valence electrons. The highest BCUT2D eigenvalue weighted by molar-refractivity contribution is 7.90. The second kappa shape index (κ2) is 4.70. The first kappa shape index (κ1) is 13.8. The van der Waals surface area contributed by atoms with E-state index in [0.29, 0.717) is 4.90 Å². The standard InChI is InChI=1S/C16H16N2O2S/c1-10-5-4-6-11(2)15(10)16-17-13-8-7-12(21(3,19)20)9-14(13)18-16/h4-9H,1-3H3,(H,17,18). The molecule has 0 fully saturated rings. The quantitative estimate of drug-likeness (QED) is 0.790. The summed E-state index contributed by atoms with van der Waals surface area (Å²) in [5, 5.41) is 0. The molecule has 0 aliphatic heterocycles. The maximum Gasteiger partial charge on any atom is 0.175 e. The third kappa shape index (κ3) is 2.45. The molecular weight excluding hydrogens is 284 g/mol. The second-order valence-corrected chi connectivity index (χ2v) is 7.32. The molecule has 1 aromatic heterocycles. The number of hydrogen-bond acceptors (Lipinski definition) is 3. The summed E-state index contributed by atoms with van der Waals surface area (Å²) in [5.41, 5.74) is 4.83. The smallest absolute Gasteiger partial charge is 0.175 e. The topological polar surface area (TPSA) is 62.8 Å². The third-order valence-electron chi connectivity index (χ3n) is 3.60. The highest BCUT2D eigenvalue weighted by Crippen LogP contribution is 2.27. The number of rotatable bonds is 2. The van der Waals surface area contributed by atoms with Crippen molar-refractivity contribution in [1.29, 1.82) is 0 Å². The van der Waals surface area contributed by atoms with Crippen LogP contribution in [0, 0.1) is 13.8 Å². The van der Waals surface area contributed by atoms with Gasteiger partial charge in [0.25, 0.3) is 0 Å². The SMILES string of the molecule is Cc1cccc(C)c1-c1nc2ccc(S(C)(=O)=O)cc2[nH]1. The van der Waals surface area contributed by atoms with Crippen LogP contribution in [0.25, 0.3) is 22.4 Å². The minimum Gasteiger partial charge on any atom is -0.338 e. The van der Waals surface area contributed by atoms with Gasteiger partial charge in [-0.2, -0.15) is 0 Å². The lowest BCUT2D eigenvalue weighted by atomic mass is 10.0. The summed E-state index contributed by atoms with van der Waals surface area (Å²) >= 11 is 0. The predicted octanol–water partition coefficient (Wildman–Crippen LogP) is 3.25. The Balaban J connectivity index is 2.23. The van der Waals surface area contributed by atoms with Gasteiger partial charge in [-0.15, -0.1) is 0 Å². The Hall–Kier alpha value is -2.14. The van der Waals surface area contributed by atoms with Gasteiger partial charge in [0.15, 0.2) is 9.84 Å². The highest BCUT2D eigenvalue weighted by Gasteiger charge is 2.13. The first-order valence-electron chi connectivity index (χ1n) is 6.62. The van der Waals surface area contributed by atoms with E-state index in [1.807, 2.05) is 32.0 Å². The van der Waals surface area contributed by atoms with Gasteiger partial charge in [-0.1, -0.05) is 18.2 Å². The van der Waals surface area contributed by atoms with E-state index in [1.54, 1.807) is 18.2 Å². The van der Waals surface area contributed by atoms with Crippen LogP contribution in [0.3, 0.4) is 0 Å². The van der Waals surface area contributed by atoms with E-state index in [9.17, 15) is 8.42 Å². The van der Waals surface area contributed by atoms with Crippen LogP contribution in [0.1, 0.15) is 11.1 Å². The molecule has 0 saturated heterocycles. The summed E-state index contributed by atoms with van der Waals surface area (Å²) in [6, 6.07) is 11.1. The normalized spacial score (nSPS) is 12.0. The lowest BCUT2D eigenvalue weighted by Gasteiger charge is -2.05. The molecule has 0 aliphatic rings. The van der Waals surface area contributed by atoms with E-state index >= 15 is 0 Å². The minimum atomic E-state index is -3.21. The summed E-state index contributed by atoms with van der Waals surface area (Å²) in [6.45, 7) is 4.08. The number of imidazole rings is 1. The van der Waals surface area contributed by atoms with Crippen LogP contribution in [0.5, 0.6) is 0 Å². The fourth-order valence-corrected chi connectivity index (χ4v) is 3.17. The Morgan fingerprint density at radius 3 is 2.33 bits per heavy atom. The average molecular weight is 300 g/mol. The number of aryl methyl sites for hydroxylation is 2. The average Bonchev–Trinajstić information content (AvgIpc) is 2.79. The predicted molar refractivity (Wildman–Crippen MR) is 84.1 cm³/mol. The molecule has 0 atom stereocenters. The van der Waals surface area contributed by atoms with Crippen LogP contribution in [0.4, 0.5) is 0 Å². The zero-order valence-corrected chi connectivity index (χ0v) is 13.0. The van der Waals surface area contributed by atoms with Crippen LogP contribution < -0.4 is 0 Å². The summed E-state index contributed by atoms with van der Waals surface area (Å²) < 4.78 is 23.3. The van der Waals surface area contributed by atoms with E-state index in [2.05, 4.69) is 9.97 Å². The monoisotopic (exact) mass is 300 g/mol. The maximum atomic E-state index is 11.6. The first-order valence-corrected chi connectivity index (χ1v) is 8.52. The Morgan fingerprint density at radius 1 is 1.05 bits per heavy atom. The third-order valence-corrected chi connectivity index (χ3v) is 4.71. The fourth-order valence-electron chi connectivity index (χ4n) is 2.53. The largest absolute Gasteiger partial charge is 0.338 e. The Labute approximate surface area is 123 Å². The van der Waals surface area contributed by atoms with Crippen molar-refractivity contribution in [2.45, 2.75) is 18.7 Å². The summed E-state index contributed by atoms with van der Waals surface area (Å²) in [6.07, 6.45) is 1.21. The second-order valence-electron chi connectivity index (χ2n) is 5.30. The van der Waals surface area contributed by atoms with Crippen molar-refractivity contribution in [3.63, 3.8) is 0 Å². The molecule has 1 heterocycles. The van der Waals surface area contributed by atoms with Gasteiger partial charge in [-0.05, 0) is 43.2 Å². The summed E-state index contributed by atoms with van der Waals surface area (Å²) in [4.78, 5) is 8.11. The van der Waals surface area contributed by atoms with E-state index in [-0.39, 0.29) is 0 Å². The molecule has 0 amide bonds. The van der Waals surface area contributed by atoms with Crippen molar-refractivity contribution in [1.82, 2.24) is 9.97 Å². The van der Waals surface area contributed by atoms with Crippen LogP contribution in [-0.4, -0.2) is 24.6 Å². The molecule has 3 aromatic rings. The van der Waals surface area contributed by atoms with Gasteiger partial charge in [0.1, 0.15) is 5.82 Å². The number of hydrogen-bond donors (Lipinski definition) is 1. The molecule has 0 aliphatic carbocycles. The molecule has 2 aromatic carbocycles. The zero-order valence-electron chi connectivity index (χ0n) is 12.1. The summed E-state index contributed by atoms with van der Waals surface area (Å²) in [7, 11) is -3.21. The lowest BCUT2D eigenvalue weighted by molar-refractivity contribution is 0.602. The van der Waals surface area contributed by atoms with Crippen molar-refractivity contribution < 1.29 is 8.42 Å². The molecule has 5 heteroatoms. The van der Waals surface area contributed by atoms with Gasteiger partial charge in [-0.3, -0.25) is 0 Å². The molecule has 0 unspecified atom stereocenters. The highest BCUT2D eigenvalue weighted by atomic mass is 32.2. The molecule has 0 saturated carbocycles. The van der Waals surface area contributed by atoms with E-state index in [0.717, 1.165) is 33.5 Å². The molecule has 3 rings (SSSR count). The van der Waals surface area contributed by atoms with Gasteiger partial charge in [0, 0.05) is 11.8 Å². The van der Waals surface area contributed by atoms with E-state index in [4.69, 9.17) is 0 Å². The van der Waals surface area contributed by atoms with Gasteiger partial charge < -0.3 is 4.98 Å². The number of aromatic nitrogens is 2. The number of benzene rings is 2. The number of fused-ring (bicyclic) bond motifs is 1. The van der Waals surface area contributed by atoms with Gasteiger partial charge in [0.05, 0.1) is 15.9 Å². The number of aromatic amines is 1. The number of sulfone groups is 1. The zero-order chi connectivity index (χ0) is 15.2. The number of H-pyrrole nitrogens is 1. The van der Waals surface area contributed by atoms with Crippen LogP contribution in [0.2, 0.25) is 0 Å². The Morgan fingerprint density at radius 2 is 1.71 bits per heavy atom. The first-order chi connectivity index (χ1) is 9.86. The van der Waals surface area contributed by atoms with Gasteiger partial charge >= 0.3 is 0 Å². The molecule has 0 bridgehead atoms. The molecule has 1 N–H and O–H groups in total. The van der Waals surface area contributed by atoms with Crippen LogP contribution in [-0.2, 0) is 9.84 Å². The minimum absolute atomic E-state index is 0.298. The number of nitrogens with one attached hydrogen (secondary N) is 1. The molecule has 21 heavy (non-hydrogen) atoms. The molecule has 0 radical (unpaired) electrons. The summed E-state index contributed by atoms with van der Waals surface area (Å²) in [5.74, 6) is 0.770. The van der Waals surface area contributed by atoms with Gasteiger partial charge in [0.2, 0.25) is 0 Å². The molecule has 0 spiro atoms. The van der Waals surface area contributed by atoms with E-state index in [1.165, 1.54) is 6.26 Å². The Kier molecular flexibility index (Phi) is 3.10. The van der Waals surface area contributed by atoms with Crippen molar-refractivity contribution in [3.8, 4) is 11.4 Å². The lowest BCUT2D eigenvalue weighted by Crippen LogP contribution is -1.96. The van der Waals surface area contributed by atoms with Crippen molar-refractivity contribution in [2.75, 3.05) is 6.26 Å². The van der Waals surface area contributed by atoms with Crippen LogP contribution in [0.15, 0.2) is 41.3 Å². The molecular formula is C16H16N2O2S. The maximum absolute atomic E-state index is 11.6.